The maximum Gasteiger partial charge on any atom is 0.429 e. The van der Waals surface area contributed by atoms with Gasteiger partial charge >= 0.3 is 7.75 Å². The third-order valence-corrected chi connectivity index (χ3v) is 1.18. The maximum absolute atomic E-state index is 10.4. The molecule has 0 rings (SSSR count). The maximum atomic E-state index is 10.4. The van der Waals surface area contributed by atoms with Crippen molar-refractivity contribution < 1.29 is 19.1 Å². The van der Waals surface area contributed by atoms with Crippen LogP contribution in [0.5, 0.6) is 0 Å². The minimum atomic E-state index is -4.46. The molecule has 1 atom stereocenters. The summed E-state index contributed by atoms with van der Waals surface area (Å²) in [5.41, 5.74) is 4.99. The lowest BCUT2D eigenvalue weighted by Gasteiger charge is -2.07. The van der Waals surface area contributed by atoms with Crippen LogP contribution < -0.4 is 10.8 Å². The third kappa shape index (κ3) is 4.46. The SMILES string of the molecule is C[C@@H](N)C(=O)NP(=O)(O)O. The second-order valence-corrected chi connectivity index (χ2v) is 3.12. The molecule has 0 heterocycles. The Balaban J connectivity index is 3.94. The summed E-state index contributed by atoms with van der Waals surface area (Å²) in [6, 6.07) is -0.910. The van der Waals surface area contributed by atoms with Crippen LogP contribution in [0.15, 0.2) is 0 Å². The van der Waals surface area contributed by atoms with E-state index in [1.165, 1.54) is 12.0 Å². The molecule has 0 aliphatic heterocycles. The molecule has 0 aliphatic rings. The van der Waals surface area contributed by atoms with Crippen LogP contribution in [0.3, 0.4) is 0 Å². The number of hydrogen-bond donors (Lipinski definition) is 4. The van der Waals surface area contributed by atoms with Crippen LogP contribution in [0.4, 0.5) is 0 Å². The predicted octanol–water partition coefficient (Wildman–Crippen LogP) is -1.46. The van der Waals surface area contributed by atoms with Gasteiger partial charge in [-0.15, -0.1) is 0 Å². The summed E-state index contributed by atoms with van der Waals surface area (Å²) >= 11 is 0. The average Bonchev–Trinajstić information content (AvgIpc) is 1.60. The van der Waals surface area contributed by atoms with E-state index in [0.29, 0.717) is 0 Å². The van der Waals surface area contributed by atoms with Crippen molar-refractivity contribution in [1.29, 1.82) is 0 Å². The van der Waals surface area contributed by atoms with Gasteiger partial charge in [-0.25, -0.2) is 4.57 Å². The fraction of sp³-hybridized carbons (Fsp3) is 0.667. The van der Waals surface area contributed by atoms with E-state index in [9.17, 15) is 9.36 Å². The topological polar surface area (TPSA) is 113 Å². The Kier molecular flexibility index (Phi) is 2.98. The summed E-state index contributed by atoms with van der Waals surface area (Å²) < 4.78 is 10.1. The van der Waals surface area contributed by atoms with Gasteiger partial charge in [-0.1, -0.05) is 0 Å². The molecule has 0 aromatic rings. The Bertz CT molecular complexity index is 173. The Morgan fingerprint density at radius 3 is 2.20 bits per heavy atom. The van der Waals surface area contributed by atoms with E-state index in [4.69, 9.17) is 15.5 Å². The zero-order valence-electron chi connectivity index (χ0n) is 5.31. The van der Waals surface area contributed by atoms with E-state index in [2.05, 4.69) is 0 Å². The summed E-state index contributed by atoms with van der Waals surface area (Å²) in [5.74, 6) is -0.867. The standard InChI is InChI=1S/C3H9N2O4P/c1-2(4)3(6)5-10(7,8)9/h2H,4H2,1H3,(H3,5,6,7,8,9)/t2-/m1/s1. The van der Waals surface area contributed by atoms with Gasteiger partial charge in [0.15, 0.2) is 0 Å². The summed E-state index contributed by atoms with van der Waals surface area (Å²) in [4.78, 5) is 26.8. The van der Waals surface area contributed by atoms with E-state index < -0.39 is 19.7 Å². The predicted molar refractivity (Wildman–Crippen MR) is 33.8 cm³/mol. The first-order valence-electron chi connectivity index (χ1n) is 2.46. The van der Waals surface area contributed by atoms with E-state index in [0.717, 1.165) is 0 Å². The van der Waals surface area contributed by atoms with Gasteiger partial charge in [-0.2, -0.15) is 0 Å². The molecular weight excluding hydrogens is 159 g/mol. The Labute approximate surface area is 57.6 Å². The highest BCUT2D eigenvalue weighted by molar-refractivity contribution is 7.50. The van der Waals surface area contributed by atoms with Crippen LogP contribution in [-0.4, -0.2) is 21.7 Å². The van der Waals surface area contributed by atoms with Crippen molar-refractivity contribution in [2.45, 2.75) is 13.0 Å². The van der Waals surface area contributed by atoms with Crippen molar-refractivity contribution >= 4 is 13.7 Å². The first-order valence-corrected chi connectivity index (χ1v) is 4.07. The zero-order chi connectivity index (χ0) is 8.36. The Hall–Kier alpha value is -0.420. The number of carbonyl (C=O) groups excluding carboxylic acids is 1. The summed E-state index contributed by atoms with van der Waals surface area (Å²) in [6.07, 6.45) is 0. The highest BCUT2D eigenvalue weighted by Crippen LogP contribution is 2.27. The van der Waals surface area contributed by atoms with Gasteiger partial charge in [0.25, 0.3) is 0 Å². The number of carbonyl (C=O) groups is 1. The fourth-order valence-corrected chi connectivity index (χ4v) is 0.736. The minimum absolute atomic E-state index is 0.867. The quantitative estimate of drug-likeness (QED) is 0.376. The van der Waals surface area contributed by atoms with Crippen LogP contribution in [0, 0.1) is 0 Å². The van der Waals surface area contributed by atoms with Crippen LogP contribution in [-0.2, 0) is 9.36 Å². The molecule has 1 amide bonds. The summed E-state index contributed by atoms with van der Waals surface area (Å²) in [5, 5.41) is 1.42. The summed E-state index contributed by atoms with van der Waals surface area (Å²) in [6.45, 7) is 1.32. The van der Waals surface area contributed by atoms with Gasteiger partial charge in [-0.05, 0) is 6.92 Å². The Morgan fingerprint density at radius 2 is 2.10 bits per heavy atom. The molecule has 0 unspecified atom stereocenters. The molecule has 60 valence electrons. The molecule has 0 radical (unpaired) electrons. The largest absolute Gasteiger partial charge is 0.429 e. The second kappa shape index (κ2) is 3.12. The molecular formula is C3H9N2O4P. The molecule has 0 bridgehead atoms. The molecule has 0 aliphatic carbocycles. The number of amides is 1. The number of nitrogens with two attached hydrogens (primary N) is 1. The van der Waals surface area contributed by atoms with E-state index >= 15 is 0 Å². The molecule has 6 nitrogen and oxygen atoms in total. The van der Waals surface area contributed by atoms with Gasteiger partial charge in [-0.3, -0.25) is 9.88 Å². The molecule has 0 fully saturated rings. The zero-order valence-corrected chi connectivity index (χ0v) is 6.21. The molecule has 0 saturated carbocycles. The molecule has 10 heavy (non-hydrogen) atoms. The van der Waals surface area contributed by atoms with E-state index in [1.807, 2.05) is 0 Å². The molecule has 7 heteroatoms. The fourth-order valence-electron chi connectivity index (χ4n) is 0.245. The third-order valence-electron chi connectivity index (χ3n) is 0.669. The first-order chi connectivity index (χ1) is 4.33. The molecule has 5 N–H and O–H groups in total. The van der Waals surface area contributed by atoms with Crippen molar-refractivity contribution in [1.82, 2.24) is 5.09 Å². The first kappa shape index (κ1) is 9.58. The number of nitrogens with one attached hydrogen (secondary N) is 1. The summed E-state index contributed by atoms with van der Waals surface area (Å²) in [7, 11) is -4.46. The van der Waals surface area contributed by atoms with Crippen LogP contribution in [0.1, 0.15) is 6.92 Å². The molecule has 0 aromatic heterocycles. The van der Waals surface area contributed by atoms with Gasteiger partial charge in [0.2, 0.25) is 5.91 Å². The van der Waals surface area contributed by atoms with E-state index in [-0.39, 0.29) is 0 Å². The molecule has 0 aromatic carbocycles. The van der Waals surface area contributed by atoms with Crippen molar-refractivity contribution in [2.24, 2.45) is 5.73 Å². The lowest BCUT2D eigenvalue weighted by atomic mass is 10.4. The van der Waals surface area contributed by atoms with Crippen LogP contribution >= 0.6 is 7.75 Å². The lowest BCUT2D eigenvalue weighted by Crippen LogP contribution is -2.36. The highest BCUT2D eigenvalue weighted by Gasteiger charge is 2.18. The van der Waals surface area contributed by atoms with Crippen molar-refractivity contribution in [3.63, 3.8) is 0 Å². The highest BCUT2D eigenvalue weighted by atomic mass is 31.2. The van der Waals surface area contributed by atoms with Crippen LogP contribution in [0.25, 0.3) is 0 Å². The second-order valence-electron chi connectivity index (χ2n) is 1.81. The van der Waals surface area contributed by atoms with E-state index in [1.54, 1.807) is 0 Å². The van der Waals surface area contributed by atoms with Gasteiger partial charge in [0.05, 0.1) is 6.04 Å². The normalized spacial score (nSPS) is 14.4. The van der Waals surface area contributed by atoms with Crippen LogP contribution in [0.2, 0.25) is 0 Å². The minimum Gasteiger partial charge on any atom is -0.320 e. The molecule has 0 spiro atoms. The van der Waals surface area contributed by atoms with Crippen molar-refractivity contribution in [3.05, 3.63) is 0 Å². The Morgan fingerprint density at radius 1 is 1.70 bits per heavy atom. The lowest BCUT2D eigenvalue weighted by molar-refractivity contribution is -0.120. The average molecular weight is 168 g/mol. The smallest absolute Gasteiger partial charge is 0.320 e. The molecule has 0 saturated heterocycles. The number of rotatable bonds is 2. The van der Waals surface area contributed by atoms with Gasteiger partial charge < -0.3 is 15.5 Å². The van der Waals surface area contributed by atoms with Crippen molar-refractivity contribution in [3.8, 4) is 0 Å². The van der Waals surface area contributed by atoms with Gasteiger partial charge in [0.1, 0.15) is 0 Å². The van der Waals surface area contributed by atoms with Crippen molar-refractivity contribution in [2.75, 3.05) is 0 Å². The number of hydrogen-bond acceptors (Lipinski definition) is 3. The monoisotopic (exact) mass is 168 g/mol. The van der Waals surface area contributed by atoms with Gasteiger partial charge in [0, 0.05) is 0 Å².